The number of nitrogens with two attached hydrogens (primary N) is 1. The average molecular weight is 221 g/mol. The van der Waals surface area contributed by atoms with E-state index < -0.39 is 0 Å². The SMILES string of the molecule is Cl.Cl.NCc1cccn2ncnc12. The van der Waals surface area contributed by atoms with Gasteiger partial charge in [0.15, 0.2) is 5.65 Å². The van der Waals surface area contributed by atoms with E-state index in [4.69, 9.17) is 5.73 Å². The van der Waals surface area contributed by atoms with Gasteiger partial charge < -0.3 is 5.73 Å². The Morgan fingerprint density at radius 1 is 1.38 bits per heavy atom. The third kappa shape index (κ3) is 2.09. The van der Waals surface area contributed by atoms with Crippen LogP contribution in [0.4, 0.5) is 0 Å². The van der Waals surface area contributed by atoms with Gasteiger partial charge in [-0.05, 0) is 6.07 Å². The predicted octanol–water partition coefficient (Wildman–Crippen LogP) is 1.03. The molecule has 0 fully saturated rings. The Balaban J connectivity index is 0.000000720. The number of nitrogens with zero attached hydrogens (tertiary/aromatic N) is 3. The van der Waals surface area contributed by atoms with E-state index in [-0.39, 0.29) is 24.8 Å². The van der Waals surface area contributed by atoms with Crippen molar-refractivity contribution in [3.8, 4) is 0 Å². The van der Waals surface area contributed by atoms with Crippen LogP contribution < -0.4 is 5.73 Å². The summed E-state index contributed by atoms with van der Waals surface area (Å²) in [5.41, 5.74) is 7.36. The van der Waals surface area contributed by atoms with Gasteiger partial charge >= 0.3 is 0 Å². The molecule has 0 radical (unpaired) electrons. The molecule has 2 aromatic heterocycles. The summed E-state index contributed by atoms with van der Waals surface area (Å²) >= 11 is 0. The fourth-order valence-electron chi connectivity index (χ4n) is 1.06. The van der Waals surface area contributed by atoms with Crippen LogP contribution in [-0.2, 0) is 6.54 Å². The molecule has 0 unspecified atom stereocenters. The van der Waals surface area contributed by atoms with E-state index in [0.29, 0.717) is 6.54 Å². The maximum atomic E-state index is 5.49. The maximum Gasteiger partial charge on any atom is 0.159 e. The molecule has 2 heterocycles. The van der Waals surface area contributed by atoms with Crippen LogP contribution in [0, 0.1) is 0 Å². The molecule has 0 aliphatic carbocycles. The molecule has 0 amide bonds. The highest BCUT2D eigenvalue weighted by molar-refractivity contribution is 5.85. The van der Waals surface area contributed by atoms with Crippen LogP contribution >= 0.6 is 24.8 Å². The van der Waals surface area contributed by atoms with Crippen LogP contribution in [0.1, 0.15) is 5.56 Å². The van der Waals surface area contributed by atoms with E-state index in [1.165, 1.54) is 6.33 Å². The normalized spacial score (nSPS) is 9.00. The molecule has 72 valence electrons. The number of fused-ring (bicyclic) bond motifs is 1. The van der Waals surface area contributed by atoms with Gasteiger partial charge in [0, 0.05) is 18.3 Å². The van der Waals surface area contributed by atoms with Crippen molar-refractivity contribution in [3.63, 3.8) is 0 Å². The second-order valence-electron chi connectivity index (χ2n) is 2.27. The van der Waals surface area contributed by atoms with Gasteiger partial charge in [-0.3, -0.25) is 0 Å². The Labute approximate surface area is 88.0 Å². The van der Waals surface area contributed by atoms with Crippen LogP contribution in [0.3, 0.4) is 0 Å². The summed E-state index contributed by atoms with van der Waals surface area (Å²) in [5.74, 6) is 0. The number of pyridine rings is 1. The van der Waals surface area contributed by atoms with Gasteiger partial charge in [0.25, 0.3) is 0 Å². The topological polar surface area (TPSA) is 56.2 Å². The highest BCUT2D eigenvalue weighted by Gasteiger charge is 1.98. The molecule has 2 aromatic rings. The molecule has 4 nitrogen and oxygen atoms in total. The van der Waals surface area contributed by atoms with E-state index in [1.807, 2.05) is 18.3 Å². The quantitative estimate of drug-likeness (QED) is 0.782. The molecular formula is C7H10Cl2N4. The standard InChI is InChI=1S/C7H8N4.2ClH/c8-4-6-2-1-3-11-7(6)9-5-10-11;;/h1-3,5H,4,8H2;2*1H. The predicted molar refractivity (Wildman–Crippen MR) is 55.4 cm³/mol. The molecule has 0 bridgehead atoms. The van der Waals surface area contributed by atoms with Gasteiger partial charge in [-0.2, -0.15) is 5.10 Å². The van der Waals surface area contributed by atoms with Crippen LogP contribution in [-0.4, -0.2) is 14.6 Å². The first-order valence-electron chi connectivity index (χ1n) is 3.39. The Morgan fingerprint density at radius 2 is 2.15 bits per heavy atom. The lowest BCUT2D eigenvalue weighted by molar-refractivity contribution is 0.941. The summed E-state index contributed by atoms with van der Waals surface area (Å²) in [6, 6.07) is 3.86. The first-order chi connectivity index (χ1) is 5.42. The lowest BCUT2D eigenvalue weighted by Crippen LogP contribution is -1.99. The molecule has 13 heavy (non-hydrogen) atoms. The summed E-state index contributed by atoms with van der Waals surface area (Å²) < 4.78 is 1.71. The van der Waals surface area contributed by atoms with Crippen LogP contribution in [0.15, 0.2) is 24.7 Å². The van der Waals surface area contributed by atoms with Crippen molar-refractivity contribution >= 4 is 30.5 Å². The molecule has 6 heteroatoms. The van der Waals surface area contributed by atoms with Crippen LogP contribution in [0.2, 0.25) is 0 Å². The maximum absolute atomic E-state index is 5.49. The third-order valence-corrected chi connectivity index (χ3v) is 1.60. The number of hydrogen-bond acceptors (Lipinski definition) is 3. The number of halogens is 2. The van der Waals surface area contributed by atoms with Gasteiger partial charge in [-0.1, -0.05) is 6.07 Å². The largest absolute Gasteiger partial charge is 0.326 e. The molecule has 0 aliphatic heterocycles. The van der Waals surface area contributed by atoms with Crippen molar-refractivity contribution in [3.05, 3.63) is 30.2 Å². The first-order valence-corrected chi connectivity index (χ1v) is 3.39. The molecule has 0 atom stereocenters. The Kier molecular flexibility index (Phi) is 4.69. The summed E-state index contributed by atoms with van der Waals surface area (Å²) in [7, 11) is 0. The van der Waals surface area contributed by atoms with Crippen molar-refractivity contribution in [1.82, 2.24) is 14.6 Å². The van der Waals surface area contributed by atoms with E-state index in [0.717, 1.165) is 11.2 Å². The van der Waals surface area contributed by atoms with Crippen molar-refractivity contribution in [2.45, 2.75) is 6.54 Å². The zero-order chi connectivity index (χ0) is 7.68. The first kappa shape index (κ1) is 12.2. The Hall–Kier alpha value is -0.840. The lowest BCUT2D eigenvalue weighted by atomic mass is 10.3. The van der Waals surface area contributed by atoms with Gasteiger partial charge in [-0.15, -0.1) is 24.8 Å². The van der Waals surface area contributed by atoms with Crippen molar-refractivity contribution in [2.24, 2.45) is 5.73 Å². The van der Waals surface area contributed by atoms with E-state index in [1.54, 1.807) is 4.52 Å². The number of aromatic nitrogens is 3. The minimum atomic E-state index is 0. The van der Waals surface area contributed by atoms with Gasteiger partial charge in [0.2, 0.25) is 0 Å². The van der Waals surface area contributed by atoms with Crippen molar-refractivity contribution in [2.75, 3.05) is 0 Å². The Bertz CT molecular complexity index is 373. The Morgan fingerprint density at radius 3 is 2.85 bits per heavy atom. The number of hydrogen-bond donors (Lipinski definition) is 1. The summed E-state index contributed by atoms with van der Waals surface area (Å²) in [5, 5.41) is 3.98. The minimum absolute atomic E-state index is 0. The molecular weight excluding hydrogens is 211 g/mol. The zero-order valence-corrected chi connectivity index (χ0v) is 8.38. The second-order valence-corrected chi connectivity index (χ2v) is 2.27. The fourth-order valence-corrected chi connectivity index (χ4v) is 1.06. The van der Waals surface area contributed by atoms with Crippen LogP contribution in [0.5, 0.6) is 0 Å². The van der Waals surface area contributed by atoms with Crippen molar-refractivity contribution < 1.29 is 0 Å². The summed E-state index contributed by atoms with van der Waals surface area (Å²) in [4.78, 5) is 4.06. The highest BCUT2D eigenvalue weighted by atomic mass is 35.5. The molecule has 2 rings (SSSR count). The van der Waals surface area contributed by atoms with Crippen molar-refractivity contribution in [1.29, 1.82) is 0 Å². The molecule has 0 spiro atoms. The minimum Gasteiger partial charge on any atom is -0.326 e. The molecule has 0 saturated heterocycles. The highest BCUT2D eigenvalue weighted by Crippen LogP contribution is 2.04. The van der Waals surface area contributed by atoms with Gasteiger partial charge in [0.05, 0.1) is 0 Å². The van der Waals surface area contributed by atoms with Crippen LogP contribution in [0.25, 0.3) is 5.65 Å². The monoisotopic (exact) mass is 220 g/mol. The molecule has 0 aromatic carbocycles. The second kappa shape index (κ2) is 5.01. The van der Waals surface area contributed by atoms with E-state index in [2.05, 4.69) is 10.1 Å². The summed E-state index contributed by atoms with van der Waals surface area (Å²) in [6.07, 6.45) is 3.37. The van der Waals surface area contributed by atoms with E-state index >= 15 is 0 Å². The molecule has 2 N–H and O–H groups in total. The van der Waals surface area contributed by atoms with Gasteiger partial charge in [0.1, 0.15) is 6.33 Å². The lowest BCUT2D eigenvalue weighted by Gasteiger charge is -1.96. The summed E-state index contributed by atoms with van der Waals surface area (Å²) in [6.45, 7) is 0.503. The third-order valence-electron chi connectivity index (χ3n) is 1.60. The molecule has 0 aliphatic rings. The fraction of sp³-hybridized carbons (Fsp3) is 0.143. The van der Waals surface area contributed by atoms with E-state index in [9.17, 15) is 0 Å². The average Bonchev–Trinajstić information content (AvgIpc) is 2.50. The van der Waals surface area contributed by atoms with Gasteiger partial charge in [-0.25, -0.2) is 9.50 Å². The zero-order valence-electron chi connectivity index (χ0n) is 6.75. The smallest absolute Gasteiger partial charge is 0.159 e. The molecule has 0 saturated carbocycles. The number of rotatable bonds is 1.